The molecular weight excluding hydrogens is 566 g/mol. The van der Waals surface area contributed by atoms with Gasteiger partial charge in [0, 0.05) is 12.5 Å². The number of halogens is 2. The Morgan fingerprint density at radius 3 is 2.42 bits per heavy atom. The third-order valence-corrected chi connectivity index (χ3v) is 5.33. The molecular formula is C17H14I2N2O5. The van der Waals surface area contributed by atoms with Gasteiger partial charge in [-0.3, -0.25) is 10.1 Å². The number of phenols is 1. The van der Waals surface area contributed by atoms with Crippen molar-refractivity contribution < 1.29 is 24.2 Å². The van der Waals surface area contributed by atoms with Crippen LogP contribution in [-0.4, -0.2) is 30.2 Å². The molecule has 9 heteroatoms. The van der Waals surface area contributed by atoms with E-state index in [-0.39, 0.29) is 11.7 Å². The van der Waals surface area contributed by atoms with Gasteiger partial charge in [-0.15, -0.1) is 0 Å². The number of nitrogens with one attached hydrogen (secondary N) is 2. The predicted octanol–water partition coefficient (Wildman–Crippen LogP) is 3.15. The van der Waals surface area contributed by atoms with E-state index in [1.807, 2.05) is 12.1 Å². The molecule has 3 rings (SSSR count). The lowest BCUT2D eigenvalue weighted by Crippen LogP contribution is -2.31. The quantitative estimate of drug-likeness (QED) is 0.374. The molecule has 0 bridgehead atoms. The molecule has 1 aliphatic heterocycles. The first-order valence-corrected chi connectivity index (χ1v) is 9.67. The highest BCUT2D eigenvalue weighted by Crippen LogP contribution is 2.36. The van der Waals surface area contributed by atoms with Crippen molar-refractivity contribution in [2.75, 3.05) is 7.11 Å². The average Bonchev–Trinajstić information content (AvgIpc) is 2.89. The molecule has 1 heterocycles. The molecule has 0 spiro atoms. The number of amides is 3. The summed E-state index contributed by atoms with van der Waals surface area (Å²) >= 11 is 4.32. The van der Waals surface area contributed by atoms with Crippen LogP contribution in [0.5, 0.6) is 23.0 Å². The molecule has 2 aromatic rings. The molecule has 0 saturated carbocycles. The molecule has 0 radical (unpaired) electrons. The fourth-order valence-electron chi connectivity index (χ4n) is 2.51. The molecule has 1 aliphatic rings. The molecule has 1 unspecified atom stereocenters. The van der Waals surface area contributed by atoms with Crippen LogP contribution in [0.3, 0.4) is 0 Å². The topological polar surface area (TPSA) is 96.9 Å². The normalized spacial score (nSPS) is 16.2. The van der Waals surface area contributed by atoms with Gasteiger partial charge in [-0.2, -0.15) is 0 Å². The number of hydrogen-bond donors (Lipinski definition) is 3. The number of carbonyl (C=O) groups is 2. The monoisotopic (exact) mass is 580 g/mol. The zero-order chi connectivity index (χ0) is 18.8. The summed E-state index contributed by atoms with van der Waals surface area (Å²) in [6, 6.07) is 7.54. The Bertz CT molecular complexity index is 864. The Labute approximate surface area is 176 Å². The van der Waals surface area contributed by atoms with Crippen molar-refractivity contribution in [2.24, 2.45) is 0 Å². The van der Waals surface area contributed by atoms with Gasteiger partial charge in [0.15, 0.2) is 17.2 Å². The average molecular weight is 580 g/mol. The zero-order valence-corrected chi connectivity index (χ0v) is 17.8. The van der Waals surface area contributed by atoms with E-state index in [4.69, 9.17) is 9.47 Å². The number of urea groups is 1. The summed E-state index contributed by atoms with van der Waals surface area (Å²) in [7, 11) is 1.47. The molecule has 1 saturated heterocycles. The number of hydrogen-bond acceptors (Lipinski definition) is 5. The van der Waals surface area contributed by atoms with Gasteiger partial charge in [0.2, 0.25) is 0 Å². The molecule has 26 heavy (non-hydrogen) atoms. The number of carbonyl (C=O) groups excluding carboxylic acids is 2. The molecule has 0 aromatic heterocycles. The van der Waals surface area contributed by atoms with Gasteiger partial charge in [-0.05, 0) is 75.0 Å². The Morgan fingerprint density at radius 1 is 1.15 bits per heavy atom. The number of ether oxygens (including phenoxy) is 2. The molecule has 0 aliphatic carbocycles. The molecule has 7 nitrogen and oxygen atoms in total. The highest BCUT2D eigenvalue weighted by molar-refractivity contribution is 14.1. The van der Waals surface area contributed by atoms with Gasteiger partial charge >= 0.3 is 6.03 Å². The first kappa shape index (κ1) is 19.0. The van der Waals surface area contributed by atoms with Gasteiger partial charge in [-0.1, -0.05) is 0 Å². The van der Waals surface area contributed by atoms with Crippen molar-refractivity contribution in [2.45, 2.75) is 12.5 Å². The summed E-state index contributed by atoms with van der Waals surface area (Å²) in [5.41, 5.74) is 0.914. The lowest BCUT2D eigenvalue weighted by Gasteiger charge is -2.14. The highest BCUT2D eigenvalue weighted by atomic mass is 127. The van der Waals surface area contributed by atoms with Crippen LogP contribution in [-0.2, 0) is 11.2 Å². The summed E-state index contributed by atoms with van der Waals surface area (Å²) in [6.07, 6.45) is 0.400. The lowest BCUT2D eigenvalue weighted by molar-refractivity contribution is -0.120. The molecule has 1 fully saturated rings. The van der Waals surface area contributed by atoms with Gasteiger partial charge < -0.3 is 19.9 Å². The number of aromatic hydroxyl groups is 1. The van der Waals surface area contributed by atoms with E-state index in [9.17, 15) is 14.7 Å². The predicted molar refractivity (Wildman–Crippen MR) is 111 cm³/mol. The van der Waals surface area contributed by atoms with E-state index in [1.165, 1.54) is 13.2 Å². The Morgan fingerprint density at radius 2 is 1.85 bits per heavy atom. The van der Waals surface area contributed by atoms with Crippen LogP contribution in [0.1, 0.15) is 5.56 Å². The maximum atomic E-state index is 11.7. The Balaban J connectivity index is 1.81. The third-order valence-electron chi connectivity index (χ3n) is 3.73. The van der Waals surface area contributed by atoms with Crippen molar-refractivity contribution in [3.63, 3.8) is 0 Å². The summed E-state index contributed by atoms with van der Waals surface area (Å²) in [5, 5.41) is 14.5. The molecule has 2 aromatic carbocycles. The van der Waals surface area contributed by atoms with Crippen molar-refractivity contribution in [1.29, 1.82) is 0 Å². The van der Waals surface area contributed by atoms with Crippen LogP contribution in [0.25, 0.3) is 0 Å². The SMILES string of the molecule is COc1cc(Oc2c(I)cc(CC3NC(=O)NC3=O)cc2I)ccc1O. The standard InChI is InChI=1S/C17H14I2N2O5/c1-25-14-7-9(2-3-13(14)22)26-15-10(18)4-8(5-11(15)19)6-12-16(23)21-17(24)20-12/h2-5,7,12,22H,6H2,1H3,(H2,20,21,23,24). The number of methoxy groups -OCH3 is 1. The van der Waals surface area contributed by atoms with Crippen molar-refractivity contribution in [1.82, 2.24) is 10.6 Å². The van der Waals surface area contributed by atoms with Crippen molar-refractivity contribution in [3.05, 3.63) is 43.0 Å². The maximum absolute atomic E-state index is 11.7. The number of phenolic OH excluding ortho intramolecular Hbond substituents is 1. The largest absolute Gasteiger partial charge is 0.504 e. The Kier molecular flexibility index (Phi) is 5.75. The smallest absolute Gasteiger partial charge is 0.322 e. The zero-order valence-electron chi connectivity index (χ0n) is 13.5. The van der Waals surface area contributed by atoms with E-state index in [0.717, 1.165) is 12.7 Å². The van der Waals surface area contributed by atoms with Crippen LogP contribution in [0.15, 0.2) is 30.3 Å². The third kappa shape index (κ3) is 4.14. The Hall–Kier alpha value is -1.76. The van der Waals surface area contributed by atoms with Gasteiger partial charge in [0.1, 0.15) is 11.8 Å². The number of rotatable bonds is 5. The lowest BCUT2D eigenvalue weighted by atomic mass is 10.1. The van der Waals surface area contributed by atoms with Gasteiger partial charge in [0.25, 0.3) is 5.91 Å². The fourth-order valence-corrected chi connectivity index (χ4v) is 4.62. The number of benzene rings is 2. The van der Waals surface area contributed by atoms with Crippen molar-refractivity contribution in [3.8, 4) is 23.0 Å². The molecule has 3 N–H and O–H groups in total. The van der Waals surface area contributed by atoms with Crippen LogP contribution in [0.2, 0.25) is 0 Å². The van der Waals surface area contributed by atoms with E-state index in [1.54, 1.807) is 12.1 Å². The number of imide groups is 1. The molecule has 3 amide bonds. The van der Waals surface area contributed by atoms with Crippen LogP contribution < -0.4 is 20.1 Å². The second-order valence-corrected chi connectivity index (χ2v) is 7.87. The minimum atomic E-state index is -0.567. The van der Waals surface area contributed by atoms with Crippen LogP contribution in [0.4, 0.5) is 4.79 Å². The second-order valence-electron chi connectivity index (χ2n) is 5.54. The maximum Gasteiger partial charge on any atom is 0.322 e. The first-order chi connectivity index (χ1) is 12.4. The summed E-state index contributed by atoms with van der Waals surface area (Å²) in [4.78, 5) is 22.9. The second kappa shape index (κ2) is 7.86. The van der Waals surface area contributed by atoms with E-state index < -0.39 is 12.1 Å². The summed E-state index contributed by atoms with van der Waals surface area (Å²) in [6.45, 7) is 0. The van der Waals surface area contributed by atoms with E-state index in [0.29, 0.717) is 23.7 Å². The van der Waals surface area contributed by atoms with Crippen LogP contribution >= 0.6 is 45.2 Å². The van der Waals surface area contributed by atoms with Crippen LogP contribution in [0, 0.1) is 7.14 Å². The fraction of sp³-hybridized carbons (Fsp3) is 0.176. The highest BCUT2D eigenvalue weighted by Gasteiger charge is 2.29. The summed E-state index contributed by atoms with van der Waals surface area (Å²) < 4.78 is 12.8. The molecule has 136 valence electrons. The summed E-state index contributed by atoms with van der Waals surface area (Å²) in [5.74, 6) is 1.24. The van der Waals surface area contributed by atoms with E-state index in [2.05, 4.69) is 55.8 Å². The van der Waals surface area contributed by atoms with Crippen molar-refractivity contribution >= 4 is 57.1 Å². The first-order valence-electron chi connectivity index (χ1n) is 7.51. The minimum Gasteiger partial charge on any atom is -0.504 e. The van der Waals surface area contributed by atoms with Gasteiger partial charge in [-0.25, -0.2) is 4.79 Å². The minimum absolute atomic E-state index is 0.0384. The molecule has 1 atom stereocenters. The van der Waals surface area contributed by atoms with E-state index >= 15 is 0 Å². The van der Waals surface area contributed by atoms with Gasteiger partial charge in [0.05, 0.1) is 14.3 Å².